The lowest BCUT2D eigenvalue weighted by Crippen LogP contribution is -1.98. The molecular formula is C78H46. The quantitative estimate of drug-likeness (QED) is 0.115. The van der Waals surface area contributed by atoms with E-state index in [9.17, 15) is 0 Å². The third kappa shape index (κ3) is 6.00. The van der Waals surface area contributed by atoms with Crippen molar-refractivity contribution < 1.29 is 0 Å². The molecule has 2 aliphatic carbocycles. The summed E-state index contributed by atoms with van der Waals surface area (Å²) in [6.45, 7) is 0. The van der Waals surface area contributed by atoms with E-state index < -0.39 is 0 Å². The van der Waals surface area contributed by atoms with E-state index in [1.54, 1.807) is 0 Å². The smallest absolute Gasteiger partial charge is 0.0000469 e. The number of hydrogen-bond donors (Lipinski definition) is 0. The van der Waals surface area contributed by atoms with E-state index in [1.165, 1.54) is 176 Å². The Morgan fingerprint density at radius 3 is 0.667 bits per heavy atom. The summed E-state index contributed by atoms with van der Waals surface area (Å²) in [5.74, 6) is 0. The monoisotopic (exact) mass is 982 g/mol. The molecule has 0 nitrogen and oxygen atoms in total. The Bertz CT molecular complexity index is 4680. The molecule has 0 bridgehead atoms. The molecule has 0 aliphatic heterocycles. The fraction of sp³-hybridized carbons (Fsp3) is 0. The van der Waals surface area contributed by atoms with Crippen molar-refractivity contribution in [3.05, 3.63) is 279 Å². The van der Waals surface area contributed by atoms with E-state index in [4.69, 9.17) is 0 Å². The van der Waals surface area contributed by atoms with E-state index in [0.29, 0.717) is 0 Å². The summed E-state index contributed by atoms with van der Waals surface area (Å²) < 4.78 is 0. The van der Waals surface area contributed by atoms with Gasteiger partial charge in [0.15, 0.2) is 0 Å². The molecule has 2 aliphatic rings. The SMILES string of the molecule is c1ccc(-c2ccc(-c3c4c(c(-c5ccc(-c6ccccc6)cc5)c5c(-c6ccccc6)ccc(-c6ccccc6)c35)-c3c5ccccc5c5c6c(c7ccccc7c-4c36)-c3c-5c4ccccc4c4ccccc34)cc2)cc1. The van der Waals surface area contributed by atoms with Crippen molar-refractivity contribution in [1.29, 1.82) is 0 Å². The normalized spacial score (nSPS) is 12.1. The Kier molecular flexibility index (Phi) is 9.22. The van der Waals surface area contributed by atoms with Crippen LogP contribution in [0.25, 0.3) is 176 Å². The van der Waals surface area contributed by atoms with Gasteiger partial charge in [-0.05, 0) is 176 Å². The van der Waals surface area contributed by atoms with Crippen LogP contribution in [-0.2, 0) is 0 Å². The summed E-state index contributed by atoms with van der Waals surface area (Å²) in [7, 11) is 0. The van der Waals surface area contributed by atoms with Gasteiger partial charge in [0.1, 0.15) is 0 Å². The molecule has 0 radical (unpaired) electrons. The highest BCUT2D eigenvalue weighted by molar-refractivity contribution is 6.46. The highest BCUT2D eigenvalue weighted by Gasteiger charge is 2.40. The maximum atomic E-state index is 2.43. The standard InChI is InChI=1S/C78H46/c1-5-21-47(22-6-1)49-37-41-53(42-38-49)65-67-55(51-25-9-3-10-26-51)45-46-56(52-27-11-4-12-28-52)68(67)66(54-43-39-50(40-44-54)48-23-7-2-8-24-48)76-74-64-36-20-18-34-62(64)72-70-60-32-16-14-30-58(60)57-29-13-15-31-59(57)69(70)71-61-33-17-19-35-63(61)73(75(65)76)78(74)77(71)72/h1-46H. The van der Waals surface area contributed by atoms with Crippen molar-refractivity contribution in [2.24, 2.45) is 0 Å². The Morgan fingerprint density at radius 2 is 0.346 bits per heavy atom. The van der Waals surface area contributed by atoms with Crippen LogP contribution in [0.15, 0.2) is 279 Å². The van der Waals surface area contributed by atoms with Crippen LogP contribution in [0.1, 0.15) is 0 Å². The van der Waals surface area contributed by atoms with E-state index >= 15 is 0 Å². The lowest BCUT2D eigenvalue weighted by atomic mass is 9.77. The molecule has 0 atom stereocenters. The van der Waals surface area contributed by atoms with Crippen LogP contribution in [0.4, 0.5) is 0 Å². The molecule has 0 spiro atoms. The first-order valence-corrected chi connectivity index (χ1v) is 27.3. The summed E-state index contributed by atoms with van der Waals surface area (Å²) in [5.41, 5.74) is 25.1. The van der Waals surface area contributed by atoms with Gasteiger partial charge in [0.05, 0.1) is 0 Å². The summed E-state index contributed by atoms with van der Waals surface area (Å²) in [6.07, 6.45) is 0. The van der Waals surface area contributed by atoms with Gasteiger partial charge in [-0.2, -0.15) is 0 Å². The molecule has 0 amide bonds. The summed E-state index contributed by atoms with van der Waals surface area (Å²) in [4.78, 5) is 0. The first-order chi connectivity index (χ1) is 38.8. The number of benzene rings is 15. The second-order valence-electron chi connectivity index (χ2n) is 21.2. The fourth-order valence-corrected chi connectivity index (χ4v) is 14.2. The third-order valence-corrected chi connectivity index (χ3v) is 17.3. The predicted octanol–water partition coefficient (Wildman–Crippen LogP) is 21.9. The highest BCUT2D eigenvalue weighted by Crippen LogP contribution is 2.68. The molecule has 15 aromatic rings. The van der Waals surface area contributed by atoms with Crippen LogP contribution in [0, 0.1) is 0 Å². The molecule has 17 rings (SSSR count). The minimum Gasteiger partial charge on any atom is -0.0622 e. The van der Waals surface area contributed by atoms with Crippen molar-refractivity contribution >= 4 is 64.6 Å². The molecule has 358 valence electrons. The Morgan fingerprint density at radius 1 is 0.115 bits per heavy atom. The zero-order valence-corrected chi connectivity index (χ0v) is 42.6. The molecule has 0 heteroatoms. The molecule has 15 aromatic carbocycles. The van der Waals surface area contributed by atoms with Crippen LogP contribution in [-0.4, -0.2) is 0 Å². The lowest BCUT2D eigenvalue weighted by Gasteiger charge is -2.25. The van der Waals surface area contributed by atoms with Gasteiger partial charge in [-0.3, -0.25) is 0 Å². The van der Waals surface area contributed by atoms with Gasteiger partial charge in [0, 0.05) is 0 Å². The number of fused-ring (bicyclic) bond motifs is 18. The maximum Gasteiger partial charge on any atom is -0.0000469 e. The van der Waals surface area contributed by atoms with Crippen molar-refractivity contribution in [2.45, 2.75) is 0 Å². The van der Waals surface area contributed by atoms with E-state index in [2.05, 4.69) is 279 Å². The zero-order valence-electron chi connectivity index (χ0n) is 42.6. The fourth-order valence-electron chi connectivity index (χ4n) is 14.2. The topological polar surface area (TPSA) is 0 Å². The summed E-state index contributed by atoms with van der Waals surface area (Å²) in [6, 6.07) is 105. The van der Waals surface area contributed by atoms with Gasteiger partial charge in [0.25, 0.3) is 0 Å². The van der Waals surface area contributed by atoms with Gasteiger partial charge in [-0.15, -0.1) is 0 Å². The third-order valence-electron chi connectivity index (χ3n) is 17.3. The summed E-state index contributed by atoms with van der Waals surface area (Å²) in [5, 5.41) is 15.5. The average Bonchev–Trinajstić information content (AvgIpc) is 2.61. The van der Waals surface area contributed by atoms with Crippen molar-refractivity contribution in [3.63, 3.8) is 0 Å². The number of hydrogen-bond acceptors (Lipinski definition) is 0. The maximum absolute atomic E-state index is 2.43. The molecule has 0 N–H and O–H groups in total. The van der Waals surface area contributed by atoms with E-state index in [-0.39, 0.29) is 0 Å². The summed E-state index contributed by atoms with van der Waals surface area (Å²) >= 11 is 0. The molecule has 78 heavy (non-hydrogen) atoms. The van der Waals surface area contributed by atoms with Crippen LogP contribution < -0.4 is 0 Å². The van der Waals surface area contributed by atoms with Crippen LogP contribution in [0.2, 0.25) is 0 Å². The molecule has 0 fully saturated rings. The van der Waals surface area contributed by atoms with Gasteiger partial charge < -0.3 is 0 Å². The second kappa shape index (κ2) is 16.7. The Balaban J connectivity index is 1.14. The predicted molar refractivity (Wildman–Crippen MR) is 333 cm³/mol. The minimum absolute atomic E-state index is 1.19. The molecule has 0 unspecified atom stereocenters. The van der Waals surface area contributed by atoms with Crippen LogP contribution in [0.5, 0.6) is 0 Å². The second-order valence-corrected chi connectivity index (χ2v) is 21.2. The van der Waals surface area contributed by atoms with Gasteiger partial charge in [0.2, 0.25) is 0 Å². The molecule has 0 saturated heterocycles. The number of rotatable bonds is 6. The lowest BCUT2D eigenvalue weighted by molar-refractivity contribution is 1.58. The zero-order chi connectivity index (χ0) is 51.0. The highest BCUT2D eigenvalue weighted by atomic mass is 14.4. The minimum atomic E-state index is 1.19. The van der Waals surface area contributed by atoms with Crippen molar-refractivity contribution in [3.8, 4) is 111 Å². The van der Waals surface area contributed by atoms with E-state index in [0.717, 1.165) is 0 Å². The van der Waals surface area contributed by atoms with Crippen molar-refractivity contribution in [1.82, 2.24) is 0 Å². The van der Waals surface area contributed by atoms with Crippen LogP contribution >= 0.6 is 0 Å². The Hall–Kier alpha value is -10.1. The molecule has 0 aromatic heterocycles. The van der Waals surface area contributed by atoms with Gasteiger partial charge >= 0.3 is 0 Å². The molecule has 0 saturated carbocycles. The molecular weight excluding hydrogens is 937 g/mol. The van der Waals surface area contributed by atoms with Crippen LogP contribution in [0.3, 0.4) is 0 Å². The molecule has 0 heterocycles. The van der Waals surface area contributed by atoms with E-state index in [1.807, 2.05) is 0 Å². The van der Waals surface area contributed by atoms with Gasteiger partial charge in [-0.25, -0.2) is 0 Å². The van der Waals surface area contributed by atoms with Gasteiger partial charge in [-0.1, -0.05) is 279 Å². The average molecular weight is 983 g/mol. The van der Waals surface area contributed by atoms with Crippen molar-refractivity contribution in [2.75, 3.05) is 0 Å². The first-order valence-electron chi connectivity index (χ1n) is 27.3. The first kappa shape index (κ1) is 43.1. The Labute approximate surface area is 452 Å². The largest absolute Gasteiger partial charge is 0.0622 e.